The summed E-state index contributed by atoms with van der Waals surface area (Å²) < 4.78 is 21.5. The molecular weight excluding hydrogens is 349 g/mol. The van der Waals surface area contributed by atoms with E-state index in [4.69, 9.17) is 25.0 Å². The summed E-state index contributed by atoms with van der Waals surface area (Å²) >= 11 is 0. The van der Waals surface area contributed by atoms with Gasteiger partial charge in [0.1, 0.15) is 17.5 Å². The number of aliphatic carboxylic acids is 1. The monoisotopic (exact) mass is 369 g/mol. The zero-order chi connectivity index (χ0) is 18.9. The van der Waals surface area contributed by atoms with E-state index in [-0.39, 0.29) is 11.5 Å². The van der Waals surface area contributed by atoms with Crippen molar-refractivity contribution in [3.63, 3.8) is 0 Å². The van der Waals surface area contributed by atoms with Gasteiger partial charge in [0, 0.05) is 0 Å². The summed E-state index contributed by atoms with van der Waals surface area (Å²) in [6.07, 6.45) is -0.979. The number of carboxylic acids is 1. The van der Waals surface area contributed by atoms with Crippen LogP contribution in [0, 0.1) is 0 Å². The van der Waals surface area contributed by atoms with Crippen molar-refractivity contribution < 1.29 is 33.5 Å². The number of phosphoric ester groups is 1. The summed E-state index contributed by atoms with van der Waals surface area (Å²) in [6.45, 7) is 1.33. The molecule has 0 aliphatic carbocycles. The van der Waals surface area contributed by atoms with Crippen LogP contribution in [0.1, 0.15) is 6.92 Å². The minimum absolute atomic E-state index is 0.286. The van der Waals surface area contributed by atoms with E-state index < -0.39 is 25.9 Å². The largest absolute Gasteiger partial charge is 0.584 e. The first-order valence-electron chi connectivity index (χ1n) is 7.20. The Labute approximate surface area is 145 Å². The quantitative estimate of drug-likeness (QED) is 0.567. The number of para-hydroxylation sites is 2. The lowest BCUT2D eigenvalue weighted by molar-refractivity contribution is -0.140. The van der Waals surface area contributed by atoms with Crippen LogP contribution in [0.4, 0.5) is 0 Å². The molecule has 2 aromatic rings. The van der Waals surface area contributed by atoms with Crippen molar-refractivity contribution in [2.75, 3.05) is 0 Å². The van der Waals surface area contributed by atoms with Crippen molar-refractivity contribution in [2.24, 2.45) is 5.73 Å². The first kappa shape index (κ1) is 20.7. The van der Waals surface area contributed by atoms with Crippen molar-refractivity contribution in [1.29, 1.82) is 0 Å². The van der Waals surface area contributed by atoms with Crippen LogP contribution in [0.3, 0.4) is 0 Å². The molecule has 0 aromatic heterocycles. The Hall–Kier alpha value is -2.38. The number of hydrogen-bond acceptors (Lipinski definition) is 6. The van der Waals surface area contributed by atoms with Gasteiger partial charge in [-0.15, -0.1) is 0 Å². The second-order valence-corrected chi connectivity index (χ2v) is 6.18. The molecule has 136 valence electrons. The summed E-state index contributed by atoms with van der Waals surface area (Å²) in [4.78, 5) is 19.4. The van der Waals surface area contributed by atoms with Crippen LogP contribution in [0.25, 0.3) is 0 Å². The molecule has 2 aromatic carbocycles. The SMILES string of the molecule is CC(O)C(N)C(=O)O.O=P(O)(Oc1ccccc1)Oc1ccccc1. The van der Waals surface area contributed by atoms with Crippen LogP contribution in [-0.4, -0.2) is 33.2 Å². The molecule has 25 heavy (non-hydrogen) atoms. The maximum absolute atomic E-state index is 11.7. The highest BCUT2D eigenvalue weighted by Gasteiger charge is 2.24. The predicted octanol–water partition coefficient (Wildman–Crippen LogP) is 2.02. The van der Waals surface area contributed by atoms with Crippen molar-refractivity contribution in [2.45, 2.75) is 19.1 Å². The van der Waals surface area contributed by atoms with E-state index in [1.807, 2.05) is 0 Å². The molecule has 5 N–H and O–H groups in total. The lowest BCUT2D eigenvalue weighted by atomic mass is 10.2. The smallest absolute Gasteiger partial charge is 0.480 e. The number of nitrogens with two attached hydrogens (primary N) is 1. The van der Waals surface area contributed by atoms with Crippen LogP contribution in [0.5, 0.6) is 11.5 Å². The third kappa shape index (κ3) is 8.32. The molecule has 0 amide bonds. The van der Waals surface area contributed by atoms with Gasteiger partial charge in [0.15, 0.2) is 0 Å². The summed E-state index contributed by atoms with van der Waals surface area (Å²) in [6, 6.07) is 15.6. The van der Waals surface area contributed by atoms with Gasteiger partial charge in [0.25, 0.3) is 0 Å². The van der Waals surface area contributed by atoms with Gasteiger partial charge in [0.2, 0.25) is 0 Å². The number of aliphatic hydroxyl groups is 1. The average molecular weight is 369 g/mol. The summed E-state index contributed by atoms with van der Waals surface area (Å²) in [7, 11) is -4.14. The number of carboxylic acid groups (broad SMARTS) is 1. The van der Waals surface area contributed by atoms with Gasteiger partial charge < -0.3 is 25.0 Å². The average Bonchev–Trinajstić information content (AvgIpc) is 2.55. The second-order valence-electron chi connectivity index (χ2n) is 4.88. The third-order valence-corrected chi connectivity index (χ3v) is 3.62. The van der Waals surface area contributed by atoms with Crippen molar-refractivity contribution >= 4 is 13.8 Å². The topological polar surface area (TPSA) is 139 Å². The van der Waals surface area contributed by atoms with Crippen molar-refractivity contribution in [3.8, 4) is 11.5 Å². The van der Waals surface area contributed by atoms with Gasteiger partial charge >= 0.3 is 13.8 Å². The Balaban J connectivity index is 0.000000333. The fraction of sp³-hybridized carbons (Fsp3) is 0.188. The summed E-state index contributed by atoms with van der Waals surface area (Å²) in [5.41, 5.74) is 4.91. The fourth-order valence-electron chi connectivity index (χ4n) is 1.45. The zero-order valence-corrected chi connectivity index (χ0v) is 14.3. The molecule has 0 radical (unpaired) electrons. The first-order valence-corrected chi connectivity index (χ1v) is 8.69. The molecule has 0 fully saturated rings. The van der Waals surface area contributed by atoms with Gasteiger partial charge in [-0.2, -0.15) is 0 Å². The minimum Gasteiger partial charge on any atom is -0.480 e. The van der Waals surface area contributed by atoms with Crippen LogP contribution in [0.2, 0.25) is 0 Å². The number of rotatable bonds is 6. The predicted molar refractivity (Wildman–Crippen MR) is 91.3 cm³/mol. The normalized spacial score (nSPS) is 13.0. The molecule has 9 heteroatoms. The molecule has 2 atom stereocenters. The lowest BCUT2D eigenvalue weighted by Crippen LogP contribution is -2.39. The van der Waals surface area contributed by atoms with Crippen LogP contribution < -0.4 is 14.8 Å². The number of benzene rings is 2. The number of carbonyl (C=O) groups is 1. The van der Waals surface area contributed by atoms with Crippen molar-refractivity contribution in [3.05, 3.63) is 60.7 Å². The zero-order valence-electron chi connectivity index (χ0n) is 13.4. The third-order valence-electron chi connectivity index (χ3n) is 2.73. The van der Waals surface area contributed by atoms with Crippen LogP contribution in [-0.2, 0) is 9.36 Å². The van der Waals surface area contributed by atoms with Gasteiger partial charge in [-0.25, -0.2) is 4.57 Å². The number of hydrogen-bond donors (Lipinski definition) is 4. The molecular formula is C16H20NO7P. The van der Waals surface area contributed by atoms with E-state index in [1.54, 1.807) is 60.7 Å². The number of phosphoric acid groups is 1. The summed E-state index contributed by atoms with van der Waals surface area (Å²) in [5, 5.41) is 16.6. The molecule has 2 rings (SSSR count). The molecule has 2 unspecified atom stereocenters. The molecule has 0 saturated heterocycles. The lowest BCUT2D eigenvalue weighted by Gasteiger charge is -2.13. The van der Waals surface area contributed by atoms with E-state index in [9.17, 15) is 14.3 Å². The van der Waals surface area contributed by atoms with E-state index in [2.05, 4.69) is 0 Å². The first-order chi connectivity index (χ1) is 11.7. The molecule has 8 nitrogen and oxygen atoms in total. The van der Waals surface area contributed by atoms with Gasteiger partial charge in [0.05, 0.1) is 6.10 Å². The van der Waals surface area contributed by atoms with Gasteiger partial charge in [-0.05, 0) is 31.2 Å². The molecule has 0 bridgehead atoms. The maximum Gasteiger partial charge on any atom is 0.584 e. The molecule has 0 aliphatic rings. The number of aliphatic hydroxyl groups excluding tert-OH is 1. The molecule has 0 saturated carbocycles. The Kier molecular flexibility index (Phi) is 8.10. The van der Waals surface area contributed by atoms with Crippen molar-refractivity contribution in [1.82, 2.24) is 0 Å². The second kappa shape index (κ2) is 9.80. The van der Waals surface area contributed by atoms with Crippen LogP contribution in [0.15, 0.2) is 60.7 Å². The van der Waals surface area contributed by atoms with Crippen LogP contribution >= 0.6 is 7.82 Å². The highest BCUT2D eigenvalue weighted by atomic mass is 31.2. The van der Waals surface area contributed by atoms with E-state index in [1.165, 1.54) is 6.92 Å². The molecule has 0 spiro atoms. The summed E-state index contributed by atoms with van der Waals surface area (Å²) in [5.74, 6) is -0.608. The van der Waals surface area contributed by atoms with E-state index >= 15 is 0 Å². The maximum atomic E-state index is 11.7. The Morgan fingerprint density at radius 1 is 1.00 bits per heavy atom. The Bertz CT molecular complexity index is 649. The fourth-order valence-corrected chi connectivity index (χ4v) is 2.27. The van der Waals surface area contributed by atoms with Gasteiger partial charge in [-0.3, -0.25) is 9.69 Å². The van der Waals surface area contributed by atoms with Gasteiger partial charge in [-0.1, -0.05) is 36.4 Å². The standard InChI is InChI=1S/C12H11O4P.C4H9NO3/c13-17(14,15-11-7-3-1-4-8-11)16-12-9-5-2-6-10-12;1-2(6)3(5)4(7)8/h1-10H,(H,13,14);2-3,6H,5H2,1H3,(H,7,8). The Morgan fingerprint density at radius 2 is 1.36 bits per heavy atom. The molecule has 0 heterocycles. The molecule has 0 aliphatic heterocycles. The van der Waals surface area contributed by atoms with E-state index in [0.717, 1.165) is 0 Å². The highest BCUT2D eigenvalue weighted by molar-refractivity contribution is 7.48. The minimum atomic E-state index is -4.14. The highest BCUT2D eigenvalue weighted by Crippen LogP contribution is 2.44. The van der Waals surface area contributed by atoms with E-state index in [0.29, 0.717) is 0 Å². The Morgan fingerprint density at radius 3 is 1.60 bits per heavy atom.